The molecular weight excluding hydrogens is 176 g/mol. The fourth-order valence-corrected chi connectivity index (χ4v) is 1.49. The van der Waals surface area contributed by atoms with Gasteiger partial charge in [0.25, 0.3) is 0 Å². The van der Waals surface area contributed by atoms with Crippen molar-refractivity contribution in [3.05, 3.63) is 30.7 Å². The molecule has 0 unspecified atom stereocenters. The van der Waals surface area contributed by atoms with Crippen LogP contribution in [0.4, 0.5) is 0 Å². The minimum Gasteiger partial charge on any atom is -0.487 e. The minimum absolute atomic E-state index is 0.521. The van der Waals surface area contributed by atoms with E-state index < -0.39 is 5.60 Å². The topological polar surface area (TPSA) is 29.5 Å². The third-order valence-electron chi connectivity index (χ3n) is 2.56. The van der Waals surface area contributed by atoms with Crippen LogP contribution in [0.2, 0.25) is 0 Å². The Morgan fingerprint density at radius 1 is 1.57 bits per heavy atom. The third kappa shape index (κ3) is 2.50. The molecule has 0 saturated heterocycles. The Kier molecular flexibility index (Phi) is 3.99. The van der Waals surface area contributed by atoms with E-state index in [1.165, 1.54) is 0 Å². The van der Waals surface area contributed by atoms with E-state index in [1.807, 2.05) is 6.08 Å². The SMILES string of the molecule is C=C=C(OCCCC=C)C1(O)CCC1. The molecule has 0 heterocycles. The molecule has 0 bridgehead atoms. The van der Waals surface area contributed by atoms with Crippen LogP contribution >= 0.6 is 0 Å². The lowest BCUT2D eigenvalue weighted by Gasteiger charge is -2.36. The van der Waals surface area contributed by atoms with Crippen molar-refractivity contribution in [3.8, 4) is 0 Å². The Balaban J connectivity index is 2.33. The summed E-state index contributed by atoms with van der Waals surface area (Å²) in [4.78, 5) is 0. The van der Waals surface area contributed by atoms with Crippen LogP contribution in [0.5, 0.6) is 0 Å². The average molecular weight is 194 g/mol. The number of rotatable bonds is 6. The summed E-state index contributed by atoms with van der Waals surface area (Å²) in [6.07, 6.45) is 6.31. The van der Waals surface area contributed by atoms with Gasteiger partial charge in [-0.05, 0) is 32.1 Å². The van der Waals surface area contributed by atoms with E-state index in [0.717, 1.165) is 32.1 Å². The molecule has 1 fully saturated rings. The fraction of sp³-hybridized carbons (Fsp3) is 0.583. The van der Waals surface area contributed by atoms with Gasteiger partial charge in [0.2, 0.25) is 0 Å². The second-order valence-electron chi connectivity index (χ2n) is 3.67. The zero-order chi connectivity index (χ0) is 10.4. The highest BCUT2D eigenvalue weighted by atomic mass is 16.5. The lowest BCUT2D eigenvalue weighted by atomic mass is 9.79. The normalized spacial score (nSPS) is 17.8. The maximum absolute atomic E-state index is 9.94. The van der Waals surface area contributed by atoms with Crippen LogP contribution in [0, 0.1) is 0 Å². The fourth-order valence-electron chi connectivity index (χ4n) is 1.49. The highest BCUT2D eigenvalue weighted by Gasteiger charge is 2.39. The second-order valence-corrected chi connectivity index (χ2v) is 3.67. The largest absolute Gasteiger partial charge is 0.487 e. The molecule has 0 aliphatic heterocycles. The van der Waals surface area contributed by atoms with Crippen molar-refractivity contribution in [2.75, 3.05) is 6.61 Å². The van der Waals surface area contributed by atoms with Crippen molar-refractivity contribution in [1.29, 1.82) is 0 Å². The van der Waals surface area contributed by atoms with E-state index in [2.05, 4.69) is 18.9 Å². The van der Waals surface area contributed by atoms with Gasteiger partial charge in [-0.25, -0.2) is 0 Å². The maximum atomic E-state index is 9.94. The second kappa shape index (κ2) is 5.04. The molecular formula is C12H18O2. The third-order valence-corrected chi connectivity index (χ3v) is 2.56. The molecule has 0 aromatic carbocycles. The smallest absolute Gasteiger partial charge is 0.169 e. The first kappa shape index (κ1) is 11.1. The standard InChI is InChI=1S/C12H18O2/c1-3-5-6-10-14-11(4-2)12(13)8-7-9-12/h3,13H,1-2,5-10H2. The highest BCUT2D eigenvalue weighted by Crippen LogP contribution is 2.37. The summed E-state index contributed by atoms with van der Waals surface area (Å²) in [6.45, 7) is 7.78. The summed E-state index contributed by atoms with van der Waals surface area (Å²) < 4.78 is 5.45. The van der Waals surface area contributed by atoms with Gasteiger partial charge in [-0.2, -0.15) is 0 Å². The molecule has 78 valence electrons. The lowest BCUT2D eigenvalue weighted by molar-refractivity contribution is -0.0473. The van der Waals surface area contributed by atoms with Gasteiger partial charge in [0.15, 0.2) is 5.76 Å². The van der Waals surface area contributed by atoms with Crippen molar-refractivity contribution in [2.45, 2.75) is 37.7 Å². The van der Waals surface area contributed by atoms with Gasteiger partial charge in [-0.1, -0.05) is 18.4 Å². The molecule has 0 amide bonds. The zero-order valence-corrected chi connectivity index (χ0v) is 8.59. The number of ether oxygens (including phenoxy) is 1. The van der Waals surface area contributed by atoms with Crippen LogP contribution in [-0.2, 0) is 4.74 Å². The Hall–Kier alpha value is -0.980. The molecule has 0 aromatic heterocycles. The van der Waals surface area contributed by atoms with E-state index in [-0.39, 0.29) is 0 Å². The van der Waals surface area contributed by atoms with Crippen molar-refractivity contribution < 1.29 is 9.84 Å². The van der Waals surface area contributed by atoms with Crippen LogP contribution in [0.1, 0.15) is 32.1 Å². The number of unbranched alkanes of at least 4 members (excludes halogenated alkanes) is 1. The van der Waals surface area contributed by atoms with Crippen LogP contribution in [0.25, 0.3) is 0 Å². The maximum Gasteiger partial charge on any atom is 0.169 e. The average Bonchev–Trinajstić information content (AvgIpc) is 2.15. The van der Waals surface area contributed by atoms with E-state index >= 15 is 0 Å². The number of aliphatic hydroxyl groups is 1. The van der Waals surface area contributed by atoms with Crippen LogP contribution < -0.4 is 0 Å². The lowest BCUT2D eigenvalue weighted by Crippen LogP contribution is -2.39. The van der Waals surface area contributed by atoms with Gasteiger partial charge >= 0.3 is 0 Å². The number of hydrogen-bond donors (Lipinski definition) is 1. The first-order valence-electron chi connectivity index (χ1n) is 5.09. The molecule has 1 aliphatic rings. The van der Waals surface area contributed by atoms with E-state index in [9.17, 15) is 5.11 Å². The Bertz CT molecular complexity index is 245. The molecule has 1 aliphatic carbocycles. The van der Waals surface area contributed by atoms with Gasteiger partial charge in [-0.3, -0.25) is 0 Å². The Labute approximate surface area is 85.6 Å². The summed E-state index contributed by atoms with van der Waals surface area (Å²) in [7, 11) is 0. The predicted octanol–water partition coefficient (Wildman–Crippen LogP) is 2.55. The predicted molar refractivity (Wildman–Crippen MR) is 56.8 cm³/mol. The molecule has 2 heteroatoms. The van der Waals surface area contributed by atoms with Crippen molar-refractivity contribution in [3.63, 3.8) is 0 Å². The van der Waals surface area contributed by atoms with E-state index in [4.69, 9.17) is 4.74 Å². The molecule has 2 nitrogen and oxygen atoms in total. The molecule has 0 atom stereocenters. The van der Waals surface area contributed by atoms with Gasteiger partial charge in [0.1, 0.15) is 5.60 Å². The van der Waals surface area contributed by atoms with Crippen LogP contribution in [0.3, 0.4) is 0 Å². The molecule has 0 spiro atoms. The summed E-state index contributed by atoms with van der Waals surface area (Å²) in [5.41, 5.74) is 1.92. The molecule has 0 aromatic rings. The first-order chi connectivity index (χ1) is 6.73. The minimum atomic E-state index is -0.768. The summed E-state index contributed by atoms with van der Waals surface area (Å²) in [5, 5.41) is 9.94. The van der Waals surface area contributed by atoms with E-state index in [0.29, 0.717) is 12.4 Å². The molecule has 1 rings (SSSR count). The first-order valence-corrected chi connectivity index (χ1v) is 5.09. The number of hydrogen-bond acceptors (Lipinski definition) is 2. The Morgan fingerprint density at radius 3 is 2.71 bits per heavy atom. The van der Waals surface area contributed by atoms with Crippen LogP contribution in [0.15, 0.2) is 30.7 Å². The van der Waals surface area contributed by atoms with Gasteiger partial charge in [0.05, 0.1) is 6.61 Å². The monoisotopic (exact) mass is 194 g/mol. The van der Waals surface area contributed by atoms with Crippen molar-refractivity contribution in [2.24, 2.45) is 0 Å². The van der Waals surface area contributed by atoms with E-state index in [1.54, 1.807) is 0 Å². The summed E-state index contributed by atoms with van der Waals surface area (Å²) in [6, 6.07) is 0. The summed E-state index contributed by atoms with van der Waals surface area (Å²) >= 11 is 0. The number of allylic oxidation sites excluding steroid dienone is 1. The van der Waals surface area contributed by atoms with Gasteiger partial charge in [-0.15, -0.1) is 6.58 Å². The van der Waals surface area contributed by atoms with Gasteiger partial charge in [0, 0.05) is 0 Å². The van der Waals surface area contributed by atoms with Gasteiger partial charge < -0.3 is 9.84 Å². The summed E-state index contributed by atoms with van der Waals surface area (Å²) in [5.74, 6) is 0.521. The quantitative estimate of drug-likeness (QED) is 0.305. The molecule has 0 radical (unpaired) electrons. The molecule has 1 saturated carbocycles. The highest BCUT2D eigenvalue weighted by molar-refractivity contribution is 5.12. The molecule has 14 heavy (non-hydrogen) atoms. The zero-order valence-electron chi connectivity index (χ0n) is 8.59. The Morgan fingerprint density at radius 2 is 2.29 bits per heavy atom. The van der Waals surface area contributed by atoms with Crippen molar-refractivity contribution >= 4 is 0 Å². The van der Waals surface area contributed by atoms with Crippen molar-refractivity contribution in [1.82, 2.24) is 0 Å². The molecule has 1 N–H and O–H groups in total. The van der Waals surface area contributed by atoms with Crippen LogP contribution in [-0.4, -0.2) is 17.3 Å².